The van der Waals surface area contributed by atoms with E-state index >= 15 is 0 Å². The van der Waals surface area contributed by atoms with Gasteiger partial charge in [-0.15, -0.1) is 0 Å². The van der Waals surface area contributed by atoms with E-state index in [0.717, 1.165) is 0 Å². The predicted octanol–water partition coefficient (Wildman–Crippen LogP) is 3.96. The standard InChI is InChI=1S/C23H17FN4O3/c1-21-18(15-8-4-6-10-17(15)29-2)23(13-27,20(28)31-21)22(11-25,12-26)19(30-21)14-7-3-5-9-16(14)24/h3-10,18-19,28H,1-2H3. The molecule has 0 aromatic heterocycles. The van der Waals surface area contributed by atoms with Crippen molar-refractivity contribution in [3.63, 3.8) is 0 Å². The quantitative estimate of drug-likeness (QED) is 0.808. The van der Waals surface area contributed by atoms with Gasteiger partial charge in [-0.2, -0.15) is 15.8 Å². The Bertz CT molecular complexity index is 1200. The number of halogens is 1. The number of methoxy groups -OCH3 is 1. The number of nitrogens with zero attached hydrogens (tertiary/aromatic N) is 3. The van der Waals surface area contributed by atoms with E-state index in [1.54, 1.807) is 30.3 Å². The van der Waals surface area contributed by atoms with Crippen LogP contribution in [0.25, 0.3) is 0 Å². The van der Waals surface area contributed by atoms with Gasteiger partial charge in [-0.05, 0) is 12.1 Å². The predicted molar refractivity (Wildman–Crippen MR) is 105 cm³/mol. The Balaban J connectivity index is 2.08. The van der Waals surface area contributed by atoms with Gasteiger partial charge in [0.1, 0.15) is 17.7 Å². The monoisotopic (exact) mass is 416 g/mol. The average molecular weight is 416 g/mol. The molecule has 1 N–H and O–H groups in total. The number of nitriles is 3. The van der Waals surface area contributed by atoms with Gasteiger partial charge in [-0.1, -0.05) is 36.4 Å². The molecule has 2 heterocycles. The summed E-state index contributed by atoms with van der Waals surface area (Å²) in [4.78, 5) is 0. The van der Waals surface area contributed by atoms with E-state index < -0.39 is 40.4 Å². The van der Waals surface area contributed by atoms with Crippen LogP contribution in [-0.4, -0.2) is 18.8 Å². The summed E-state index contributed by atoms with van der Waals surface area (Å²) >= 11 is 0. The highest BCUT2D eigenvalue weighted by molar-refractivity contribution is 5.90. The van der Waals surface area contributed by atoms with Crippen LogP contribution in [0.4, 0.5) is 4.39 Å². The molecule has 4 rings (SSSR count). The van der Waals surface area contributed by atoms with Gasteiger partial charge < -0.3 is 14.2 Å². The SMILES string of the molecule is COc1ccccc1C1C2(C)OC(=N)C1(C#N)C(C#N)(C#N)C(c1ccccc1F)O2. The fourth-order valence-electron chi connectivity index (χ4n) is 4.82. The largest absolute Gasteiger partial charge is 0.496 e. The second-order valence-corrected chi connectivity index (χ2v) is 7.59. The number of para-hydroxylation sites is 1. The van der Waals surface area contributed by atoms with E-state index in [4.69, 9.17) is 19.6 Å². The first kappa shape index (κ1) is 20.3. The van der Waals surface area contributed by atoms with Crippen molar-refractivity contribution in [1.82, 2.24) is 0 Å². The Morgan fingerprint density at radius 2 is 1.61 bits per heavy atom. The molecule has 0 saturated carbocycles. The summed E-state index contributed by atoms with van der Waals surface area (Å²) in [5.41, 5.74) is -3.97. The Labute approximate surface area is 178 Å². The van der Waals surface area contributed by atoms with Gasteiger partial charge in [0.25, 0.3) is 0 Å². The third kappa shape index (κ3) is 2.36. The first-order valence-electron chi connectivity index (χ1n) is 9.42. The molecule has 2 aliphatic heterocycles. The lowest BCUT2D eigenvalue weighted by Crippen LogP contribution is -2.57. The zero-order valence-electron chi connectivity index (χ0n) is 16.7. The molecule has 4 atom stereocenters. The van der Waals surface area contributed by atoms with Crippen LogP contribution >= 0.6 is 0 Å². The Hall–Kier alpha value is -3.93. The van der Waals surface area contributed by atoms with E-state index in [9.17, 15) is 20.2 Å². The molecule has 2 bridgehead atoms. The smallest absolute Gasteiger partial charge is 0.219 e. The lowest BCUT2D eigenvalue weighted by atomic mass is 9.52. The van der Waals surface area contributed by atoms with Crippen molar-refractivity contribution in [2.24, 2.45) is 10.8 Å². The third-order valence-corrected chi connectivity index (χ3v) is 6.15. The van der Waals surface area contributed by atoms with E-state index in [0.29, 0.717) is 11.3 Å². The zero-order chi connectivity index (χ0) is 22.4. The van der Waals surface area contributed by atoms with Crippen LogP contribution in [0.1, 0.15) is 30.1 Å². The van der Waals surface area contributed by atoms with Gasteiger partial charge in [0.15, 0.2) is 5.41 Å². The number of nitrogens with one attached hydrogen (secondary N) is 1. The Morgan fingerprint density at radius 3 is 2.19 bits per heavy atom. The first-order valence-corrected chi connectivity index (χ1v) is 9.42. The van der Waals surface area contributed by atoms with Crippen molar-refractivity contribution in [2.45, 2.75) is 24.7 Å². The molecule has 8 heteroatoms. The van der Waals surface area contributed by atoms with E-state index in [-0.39, 0.29) is 5.56 Å². The maximum absolute atomic E-state index is 14.8. The highest BCUT2D eigenvalue weighted by Gasteiger charge is 2.80. The zero-order valence-corrected chi connectivity index (χ0v) is 16.7. The van der Waals surface area contributed by atoms with Crippen LogP contribution < -0.4 is 4.74 Å². The molecule has 0 amide bonds. The topological polar surface area (TPSA) is 123 Å². The number of benzene rings is 2. The van der Waals surface area contributed by atoms with Crippen molar-refractivity contribution in [1.29, 1.82) is 21.2 Å². The molecule has 2 aromatic carbocycles. The van der Waals surface area contributed by atoms with Crippen LogP contribution in [0, 0.1) is 56.0 Å². The van der Waals surface area contributed by atoms with Crippen LogP contribution in [0.15, 0.2) is 48.5 Å². The maximum atomic E-state index is 14.8. The van der Waals surface area contributed by atoms with Crippen LogP contribution in [0.3, 0.4) is 0 Å². The fraction of sp³-hybridized carbons (Fsp3) is 0.304. The summed E-state index contributed by atoms with van der Waals surface area (Å²) in [6.45, 7) is 1.52. The van der Waals surface area contributed by atoms with Crippen LogP contribution in [0.5, 0.6) is 5.75 Å². The number of hydrogen-bond acceptors (Lipinski definition) is 7. The number of fused-ring (bicyclic) bond motifs is 2. The van der Waals surface area contributed by atoms with Crippen LogP contribution in [0.2, 0.25) is 0 Å². The third-order valence-electron chi connectivity index (χ3n) is 6.15. The molecule has 154 valence electrons. The van der Waals surface area contributed by atoms with Gasteiger partial charge in [0.05, 0.1) is 31.2 Å². The van der Waals surface area contributed by atoms with E-state index in [2.05, 4.69) is 0 Å². The molecular weight excluding hydrogens is 399 g/mol. The molecule has 4 unspecified atom stereocenters. The van der Waals surface area contributed by atoms with Crippen molar-refractivity contribution >= 4 is 5.90 Å². The second kappa shape index (κ2) is 6.80. The number of ether oxygens (including phenoxy) is 3. The summed E-state index contributed by atoms with van der Waals surface area (Å²) in [5.74, 6) is -3.58. The lowest BCUT2D eigenvalue weighted by Gasteiger charge is -2.49. The molecule has 2 saturated heterocycles. The minimum absolute atomic E-state index is 0.0618. The number of hydrogen-bond donors (Lipinski definition) is 1. The minimum Gasteiger partial charge on any atom is -0.496 e. The molecule has 2 fully saturated rings. The van der Waals surface area contributed by atoms with Gasteiger partial charge in [-0.25, -0.2) is 4.39 Å². The second-order valence-electron chi connectivity index (χ2n) is 7.59. The van der Waals surface area contributed by atoms with E-state index in [1.165, 1.54) is 32.2 Å². The summed E-state index contributed by atoms with van der Waals surface area (Å²) in [6.07, 6.45) is -1.47. The number of rotatable bonds is 3. The minimum atomic E-state index is -2.28. The fourth-order valence-corrected chi connectivity index (χ4v) is 4.82. The van der Waals surface area contributed by atoms with Crippen LogP contribution in [-0.2, 0) is 9.47 Å². The summed E-state index contributed by atoms with van der Waals surface area (Å²) in [6, 6.07) is 18.2. The summed E-state index contributed by atoms with van der Waals surface area (Å²) in [5, 5.41) is 39.5. The molecule has 0 aliphatic carbocycles. The summed E-state index contributed by atoms with van der Waals surface area (Å²) in [7, 11) is 1.45. The van der Waals surface area contributed by atoms with Gasteiger partial charge in [0, 0.05) is 18.1 Å². The molecule has 0 radical (unpaired) electrons. The van der Waals surface area contributed by atoms with Gasteiger partial charge in [-0.3, -0.25) is 5.41 Å². The highest BCUT2D eigenvalue weighted by Crippen LogP contribution is 2.70. The van der Waals surface area contributed by atoms with E-state index in [1.807, 2.05) is 18.2 Å². The van der Waals surface area contributed by atoms with Crippen molar-refractivity contribution in [3.8, 4) is 24.0 Å². The van der Waals surface area contributed by atoms with Crippen molar-refractivity contribution < 1.29 is 18.6 Å². The molecule has 7 nitrogen and oxygen atoms in total. The van der Waals surface area contributed by atoms with Gasteiger partial charge in [0.2, 0.25) is 17.1 Å². The average Bonchev–Trinajstić information content (AvgIpc) is 2.96. The Morgan fingerprint density at radius 1 is 1.00 bits per heavy atom. The normalized spacial score (nSPS) is 30.4. The Kier molecular flexibility index (Phi) is 4.47. The van der Waals surface area contributed by atoms with Crippen molar-refractivity contribution in [3.05, 3.63) is 65.5 Å². The highest BCUT2D eigenvalue weighted by atomic mass is 19.1. The molecular formula is C23H17FN4O3. The van der Waals surface area contributed by atoms with Crippen molar-refractivity contribution in [2.75, 3.05) is 7.11 Å². The molecule has 2 aromatic rings. The molecule has 31 heavy (non-hydrogen) atoms. The lowest BCUT2D eigenvalue weighted by molar-refractivity contribution is -0.254. The molecule has 2 aliphatic rings. The summed E-state index contributed by atoms with van der Waals surface area (Å²) < 4.78 is 32.1. The molecule has 0 spiro atoms. The maximum Gasteiger partial charge on any atom is 0.219 e. The first-order chi connectivity index (χ1) is 14.8. The van der Waals surface area contributed by atoms with Gasteiger partial charge >= 0.3 is 0 Å².